The largest absolute Gasteiger partial charge is 0.302 e. The van der Waals surface area contributed by atoms with E-state index < -0.39 is 0 Å². The molecule has 0 unspecified atom stereocenters. The molecule has 8 heterocycles. The first-order valence-corrected chi connectivity index (χ1v) is 28.0. The van der Waals surface area contributed by atoms with Crippen LogP contribution < -0.4 is 0 Å². The number of rotatable bonds is 4. The second-order valence-electron chi connectivity index (χ2n) is 17.8. The molecule has 0 fully saturated rings. The van der Waals surface area contributed by atoms with Crippen LogP contribution in [0.1, 0.15) is 0 Å². The molecule has 77 heavy (non-hydrogen) atoms. The number of hydrogen-bond acceptors (Lipinski definition) is 8. The maximum atomic E-state index is 4.58. The number of benzene rings is 8. The molecular formula is C68H41IrN4S4-3. The van der Waals surface area contributed by atoms with E-state index in [-0.39, 0.29) is 20.1 Å². The van der Waals surface area contributed by atoms with Crippen molar-refractivity contribution in [2.45, 2.75) is 0 Å². The van der Waals surface area contributed by atoms with E-state index >= 15 is 0 Å². The van der Waals surface area contributed by atoms with Gasteiger partial charge in [0.2, 0.25) is 0 Å². The Kier molecular flexibility index (Phi) is 14.6. The molecule has 16 rings (SSSR count). The summed E-state index contributed by atoms with van der Waals surface area (Å²) in [6.07, 6.45) is 7.50. The Morgan fingerprint density at radius 1 is 0.260 bits per heavy atom. The average Bonchev–Trinajstić information content (AvgIpc) is 4.33. The smallest absolute Gasteiger partial charge is 0.0880 e. The van der Waals surface area contributed by atoms with E-state index in [1.54, 1.807) is 45.3 Å². The van der Waals surface area contributed by atoms with Crippen molar-refractivity contribution in [1.29, 1.82) is 0 Å². The van der Waals surface area contributed by atoms with E-state index in [2.05, 4.69) is 226 Å². The maximum absolute atomic E-state index is 4.58. The van der Waals surface area contributed by atoms with Crippen LogP contribution in [0.25, 0.3) is 126 Å². The normalized spacial score (nSPS) is 11.0. The summed E-state index contributed by atoms with van der Waals surface area (Å²) in [4.78, 5) is 22.8. The minimum atomic E-state index is 0. The average molecular weight is 1230 g/mol. The van der Waals surface area contributed by atoms with E-state index in [0.717, 1.165) is 53.6 Å². The molecule has 9 heteroatoms. The zero-order valence-corrected chi connectivity index (χ0v) is 46.6. The predicted molar refractivity (Wildman–Crippen MR) is 327 cm³/mol. The minimum absolute atomic E-state index is 0. The molecule has 0 atom stereocenters. The standard InChI is InChI=1S/C17H11NS.3C17H10NS.Ir/c4*1-3-7-14-12(5-1)9-10-18-17(14)16-11-13-6-2-4-8-15(13)19-16;/h1-11H;3*1-10H;/q;3*-1;. The van der Waals surface area contributed by atoms with E-state index in [4.69, 9.17) is 0 Å². The summed E-state index contributed by atoms with van der Waals surface area (Å²) in [6, 6.07) is 87.8. The van der Waals surface area contributed by atoms with Crippen LogP contribution in [0.4, 0.5) is 0 Å². The first kappa shape index (κ1) is 49.7. The Balaban J connectivity index is 0.000000103. The fraction of sp³-hybridized carbons (Fsp3) is 0. The van der Waals surface area contributed by atoms with Crippen molar-refractivity contribution in [3.63, 3.8) is 0 Å². The van der Waals surface area contributed by atoms with Crippen LogP contribution >= 0.6 is 45.3 Å². The summed E-state index contributed by atoms with van der Waals surface area (Å²) >= 11 is 7.04. The summed E-state index contributed by atoms with van der Waals surface area (Å²) in [5.74, 6) is 0. The molecule has 0 N–H and O–H groups in total. The molecule has 0 saturated heterocycles. The number of hydrogen-bond donors (Lipinski definition) is 0. The molecule has 0 aliphatic rings. The van der Waals surface area contributed by atoms with E-state index in [0.29, 0.717) is 0 Å². The molecule has 4 nitrogen and oxygen atoms in total. The van der Waals surface area contributed by atoms with Crippen LogP contribution in [0.3, 0.4) is 0 Å². The van der Waals surface area contributed by atoms with E-state index in [9.17, 15) is 0 Å². The second kappa shape index (κ2) is 22.6. The van der Waals surface area contributed by atoms with Crippen molar-refractivity contribution in [2.75, 3.05) is 0 Å². The SMILES string of the molecule is [Ir].[c-]1c(-c2nccc3ccccc23)sc2ccccc12.[c-]1c(-c2nccc3ccccc23)sc2ccccc12.[c-]1c(-c2nccc3ccccc23)sc2ccccc12.c1ccc2sc(-c3nccc4ccccc34)cc2c1. The zero-order chi connectivity index (χ0) is 50.6. The first-order valence-electron chi connectivity index (χ1n) is 24.7. The van der Waals surface area contributed by atoms with E-state index in [1.165, 1.54) is 72.2 Å². The first-order chi connectivity index (χ1) is 37.7. The van der Waals surface area contributed by atoms with Gasteiger partial charge in [0.15, 0.2) is 0 Å². The van der Waals surface area contributed by atoms with Gasteiger partial charge in [-0.25, -0.2) is 34.0 Å². The fourth-order valence-corrected chi connectivity index (χ4v) is 13.5. The van der Waals surface area contributed by atoms with Crippen LogP contribution in [-0.4, -0.2) is 19.9 Å². The number of pyridine rings is 4. The van der Waals surface area contributed by atoms with E-state index in [1.807, 2.05) is 61.2 Å². The molecule has 0 aliphatic carbocycles. The Bertz CT molecular complexity index is 3960. The molecular weight excluding hydrogens is 1190 g/mol. The van der Waals surface area contributed by atoms with Gasteiger partial charge in [0.1, 0.15) is 0 Å². The van der Waals surface area contributed by atoms with Gasteiger partial charge in [-0.05, 0) is 108 Å². The summed E-state index contributed by atoms with van der Waals surface area (Å²) in [7, 11) is 0. The summed E-state index contributed by atoms with van der Waals surface area (Å²) < 4.78 is 5.08. The Morgan fingerprint density at radius 3 is 0.896 bits per heavy atom. The van der Waals surface area contributed by atoms with Gasteiger partial charge in [0.25, 0.3) is 0 Å². The Labute approximate surface area is 474 Å². The summed E-state index contributed by atoms with van der Waals surface area (Å²) in [5.41, 5.74) is 4.16. The number of nitrogens with zero attached hydrogens (tertiary/aromatic N) is 4. The zero-order valence-electron chi connectivity index (χ0n) is 40.9. The molecule has 0 aliphatic heterocycles. The van der Waals surface area contributed by atoms with Gasteiger partial charge in [-0.2, -0.15) is 0 Å². The van der Waals surface area contributed by atoms with Crippen molar-refractivity contribution in [2.24, 2.45) is 0 Å². The number of fused-ring (bicyclic) bond motifs is 8. The third-order valence-corrected chi connectivity index (χ3v) is 17.4. The fourth-order valence-electron chi connectivity index (χ4n) is 9.39. The maximum Gasteiger partial charge on any atom is 0.0880 e. The molecule has 8 aromatic heterocycles. The number of aromatic nitrogens is 4. The summed E-state index contributed by atoms with van der Waals surface area (Å²) in [5, 5.41) is 14.5. The quantitative estimate of drug-likeness (QED) is 0.165. The molecule has 16 aromatic rings. The molecule has 369 valence electrons. The van der Waals surface area contributed by atoms with Crippen LogP contribution in [-0.2, 0) is 20.1 Å². The molecule has 1 radical (unpaired) electrons. The predicted octanol–water partition coefficient (Wildman–Crippen LogP) is 19.9. The van der Waals surface area contributed by atoms with Crippen molar-refractivity contribution in [1.82, 2.24) is 19.9 Å². The van der Waals surface area contributed by atoms with Crippen molar-refractivity contribution in [3.05, 3.63) is 267 Å². The minimum Gasteiger partial charge on any atom is -0.302 e. The third kappa shape index (κ3) is 10.5. The topological polar surface area (TPSA) is 51.6 Å². The van der Waals surface area contributed by atoms with Gasteiger partial charge >= 0.3 is 0 Å². The van der Waals surface area contributed by atoms with Crippen LogP contribution in [0.15, 0.2) is 249 Å². The van der Waals surface area contributed by atoms with Gasteiger partial charge in [-0.3, -0.25) is 4.98 Å². The Morgan fingerprint density at radius 2 is 0.545 bits per heavy atom. The van der Waals surface area contributed by atoms with Gasteiger partial charge in [0.05, 0.1) is 10.6 Å². The van der Waals surface area contributed by atoms with Crippen LogP contribution in [0, 0.1) is 18.2 Å². The molecule has 0 saturated carbocycles. The van der Waals surface area contributed by atoms with Gasteiger partial charge in [0, 0.05) is 72.1 Å². The Hall–Kier alpha value is -8.11. The molecule has 8 aromatic carbocycles. The van der Waals surface area contributed by atoms with Crippen molar-refractivity contribution < 1.29 is 20.1 Å². The van der Waals surface area contributed by atoms with Crippen LogP contribution in [0.5, 0.6) is 0 Å². The van der Waals surface area contributed by atoms with Crippen molar-refractivity contribution in [3.8, 4) is 42.3 Å². The van der Waals surface area contributed by atoms with Gasteiger partial charge in [-0.1, -0.05) is 152 Å². The summed E-state index contributed by atoms with van der Waals surface area (Å²) in [6.45, 7) is 0. The molecule has 0 amide bonds. The molecule has 0 spiro atoms. The number of thiophene rings is 4. The molecule has 0 bridgehead atoms. The monoisotopic (exact) mass is 1230 g/mol. The van der Waals surface area contributed by atoms with Crippen LogP contribution in [0.2, 0.25) is 0 Å². The second-order valence-corrected chi connectivity index (χ2v) is 22.1. The van der Waals surface area contributed by atoms with Gasteiger partial charge in [-0.15, -0.1) is 82.1 Å². The third-order valence-electron chi connectivity index (χ3n) is 13.0. The van der Waals surface area contributed by atoms with Gasteiger partial charge < -0.3 is 15.0 Å². The van der Waals surface area contributed by atoms with Crippen molar-refractivity contribution >= 4 is 129 Å².